The second-order valence-corrected chi connectivity index (χ2v) is 5.96. The average Bonchev–Trinajstić information content (AvgIpc) is 2.86. The van der Waals surface area contributed by atoms with Crippen molar-refractivity contribution in [1.82, 2.24) is 19.2 Å². The van der Waals surface area contributed by atoms with Gasteiger partial charge in [-0.25, -0.2) is 14.8 Å². The normalized spacial score (nSPS) is 12.0. The molecule has 2 aromatic heterocycles. The monoisotopic (exact) mass is 416 g/mol. The van der Waals surface area contributed by atoms with Gasteiger partial charge < -0.3 is 15.5 Å². The highest BCUT2D eigenvalue weighted by Gasteiger charge is 2.40. The Hall–Kier alpha value is -2.84. The second kappa shape index (κ2) is 7.05. The first-order valence-corrected chi connectivity index (χ1v) is 7.61. The number of nitrogens with one attached hydrogen (secondary N) is 3. The fourth-order valence-electron chi connectivity index (χ4n) is 1.62. The number of rotatable bonds is 3. The Morgan fingerprint density at radius 1 is 1.15 bits per heavy atom. The summed E-state index contributed by atoms with van der Waals surface area (Å²) < 4.78 is 79.0. The molecule has 0 saturated heterocycles. The molecule has 0 saturated carbocycles. The number of hydrogen-bond donors (Lipinski definition) is 3. The largest absolute Gasteiger partial charge is 0.451 e. The molecule has 0 spiro atoms. The maximum atomic E-state index is 12.8. The summed E-state index contributed by atoms with van der Waals surface area (Å²) in [5.74, 6) is -2.87. The van der Waals surface area contributed by atoms with Gasteiger partial charge >= 0.3 is 18.4 Å². The molecule has 0 aliphatic heterocycles. The van der Waals surface area contributed by atoms with Crippen LogP contribution in [0, 0.1) is 0 Å². The molecule has 0 atom stereocenters. The van der Waals surface area contributed by atoms with E-state index in [1.807, 2.05) is 0 Å². The highest BCUT2D eigenvalue weighted by molar-refractivity contribution is 7.11. The quantitative estimate of drug-likeness (QED) is 0.668. The molecule has 0 unspecified atom stereocenters. The number of aromatic amines is 1. The first-order chi connectivity index (χ1) is 12.3. The summed E-state index contributed by atoms with van der Waals surface area (Å²) in [5, 5.41) is 4.10. The molecule has 0 radical (unpaired) electrons. The summed E-state index contributed by atoms with van der Waals surface area (Å²) in [6.45, 7) is 0. The van der Waals surface area contributed by atoms with E-state index in [0.29, 0.717) is 11.5 Å². The lowest BCUT2D eigenvalue weighted by molar-refractivity contribution is -0.152. The van der Waals surface area contributed by atoms with Crippen LogP contribution in [0.2, 0.25) is 0 Å². The number of nitrogens with zero attached hydrogens (tertiary/aromatic N) is 3. The minimum atomic E-state index is -5.23. The Kier molecular flexibility index (Phi) is 5.35. The number of hydrogen-bond acceptors (Lipinski definition) is 6. The van der Waals surface area contributed by atoms with Gasteiger partial charge in [0.1, 0.15) is 16.5 Å². The van der Waals surface area contributed by atoms with Gasteiger partial charge in [0, 0.05) is 20.2 Å². The van der Waals surface area contributed by atoms with Gasteiger partial charge in [-0.1, -0.05) is 0 Å². The predicted molar refractivity (Wildman–Crippen MR) is 83.0 cm³/mol. The molecule has 0 aliphatic rings. The van der Waals surface area contributed by atoms with E-state index >= 15 is 0 Å². The first-order valence-electron chi connectivity index (χ1n) is 6.79. The molecule has 2 rings (SSSR count). The van der Waals surface area contributed by atoms with Gasteiger partial charge in [-0.3, -0.25) is 9.17 Å². The van der Waals surface area contributed by atoms with Gasteiger partial charge in [-0.2, -0.15) is 26.3 Å². The minimum Gasteiger partial charge on any atom is -0.331 e. The van der Waals surface area contributed by atoms with E-state index in [4.69, 9.17) is 0 Å². The summed E-state index contributed by atoms with van der Waals surface area (Å²) in [7, 11) is 2.72. The lowest BCUT2D eigenvalue weighted by Gasteiger charge is -2.14. The second-order valence-electron chi connectivity index (χ2n) is 5.14. The molecule has 2 amide bonds. The number of alkyl halides is 6. The van der Waals surface area contributed by atoms with Crippen molar-refractivity contribution in [2.24, 2.45) is 0 Å². The molecule has 2 heterocycles. The van der Waals surface area contributed by atoms with E-state index in [0.717, 1.165) is 4.90 Å². The molecular weight excluding hydrogens is 406 g/mol. The summed E-state index contributed by atoms with van der Waals surface area (Å²) in [6.07, 6.45) is -10.4. The number of anilines is 3. The van der Waals surface area contributed by atoms with Crippen LogP contribution in [0.1, 0.15) is 11.5 Å². The lowest BCUT2D eigenvalue weighted by Crippen LogP contribution is -2.29. The Balaban J connectivity index is 2.46. The van der Waals surface area contributed by atoms with Crippen molar-refractivity contribution in [3.63, 3.8) is 0 Å². The van der Waals surface area contributed by atoms with Crippen LogP contribution < -0.4 is 16.2 Å². The maximum absolute atomic E-state index is 12.8. The van der Waals surface area contributed by atoms with E-state index < -0.39 is 41.3 Å². The number of carbonyl (C=O) groups excluding carboxylic acids is 1. The zero-order valence-electron chi connectivity index (χ0n) is 13.4. The van der Waals surface area contributed by atoms with Gasteiger partial charge in [-0.15, -0.1) is 0 Å². The zero-order valence-corrected chi connectivity index (χ0v) is 14.2. The highest BCUT2D eigenvalue weighted by Crippen LogP contribution is 2.34. The van der Waals surface area contributed by atoms with E-state index in [1.54, 1.807) is 0 Å². The third-order valence-corrected chi connectivity index (χ3v) is 3.65. The van der Waals surface area contributed by atoms with Gasteiger partial charge in [0.05, 0.1) is 0 Å². The number of carbonyl (C=O) groups is 1. The first kappa shape index (κ1) is 20.5. The summed E-state index contributed by atoms with van der Waals surface area (Å²) in [6, 6.07) is -0.492. The van der Waals surface area contributed by atoms with Crippen molar-refractivity contribution in [2.75, 3.05) is 24.7 Å². The van der Waals surface area contributed by atoms with Crippen LogP contribution in [0.25, 0.3) is 0 Å². The van der Waals surface area contributed by atoms with Crippen LogP contribution in [-0.2, 0) is 12.4 Å². The van der Waals surface area contributed by atoms with Gasteiger partial charge in [0.25, 0.3) is 5.56 Å². The van der Waals surface area contributed by atoms with Crippen LogP contribution in [0.5, 0.6) is 0 Å². The average molecular weight is 416 g/mol. The summed E-state index contributed by atoms with van der Waals surface area (Å²) in [4.78, 5) is 29.9. The van der Waals surface area contributed by atoms with Crippen LogP contribution in [0.4, 0.5) is 47.6 Å². The van der Waals surface area contributed by atoms with Crippen LogP contribution in [0.15, 0.2) is 10.9 Å². The Morgan fingerprint density at radius 2 is 1.78 bits per heavy atom. The lowest BCUT2D eigenvalue weighted by atomic mass is 10.3. The zero-order chi connectivity index (χ0) is 20.6. The van der Waals surface area contributed by atoms with Crippen LogP contribution in [-0.4, -0.2) is 39.4 Å². The highest BCUT2D eigenvalue weighted by atomic mass is 32.1. The number of aromatic nitrogens is 3. The maximum Gasteiger partial charge on any atom is 0.451 e. The topological polar surface area (TPSA) is 103 Å². The smallest absolute Gasteiger partial charge is 0.331 e. The summed E-state index contributed by atoms with van der Waals surface area (Å²) in [5.41, 5.74) is -3.02. The molecular formula is C12H10F6N6O2S. The number of halogens is 6. The molecule has 27 heavy (non-hydrogen) atoms. The Morgan fingerprint density at radius 3 is 2.30 bits per heavy atom. The van der Waals surface area contributed by atoms with Gasteiger partial charge in [-0.05, 0) is 11.5 Å². The van der Waals surface area contributed by atoms with Crippen molar-refractivity contribution in [3.8, 4) is 0 Å². The number of amides is 2. The van der Waals surface area contributed by atoms with Crippen LogP contribution >= 0.6 is 11.5 Å². The fraction of sp³-hybridized carbons (Fsp3) is 0.333. The van der Waals surface area contributed by atoms with Crippen molar-refractivity contribution < 1.29 is 31.1 Å². The van der Waals surface area contributed by atoms with Crippen LogP contribution in [0.3, 0.4) is 0 Å². The van der Waals surface area contributed by atoms with Gasteiger partial charge in [0.2, 0.25) is 5.82 Å². The molecule has 0 fully saturated rings. The molecule has 8 nitrogen and oxygen atoms in total. The number of H-pyrrole nitrogens is 1. The Bertz CT molecular complexity index is 871. The van der Waals surface area contributed by atoms with Crippen molar-refractivity contribution in [1.29, 1.82) is 0 Å². The fourth-order valence-corrected chi connectivity index (χ4v) is 2.32. The molecule has 0 aliphatic carbocycles. The SMILES string of the molecule is CN(C)C(=O)Nc1c(Nc2cc(C(F)(F)F)nc(C(F)(F)F)n2)s[nH]c1=O. The minimum absolute atomic E-state index is 0.241. The van der Waals surface area contributed by atoms with Crippen molar-refractivity contribution >= 4 is 34.1 Å². The van der Waals surface area contributed by atoms with E-state index in [2.05, 4.69) is 25.0 Å². The van der Waals surface area contributed by atoms with Gasteiger partial charge in [0.15, 0.2) is 5.69 Å². The molecule has 2 aromatic rings. The molecule has 0 bridgehead atoms. The number of urea groups is 1. The van der Waals surface area contributed by atoms with Crippen molar-refractivity contribution in [2.45, 2.75) is 12.4 Å². The van der Waals surface area contributed by atoms with E-state index in [9.17, 15) is 35.9 Å². The summed E-state index contributed by atoms with van der Waals surface area (Å²) >= 11 is 0.547. The third-order valence-electron chi connectivity index (χ3n) is 2.85. The van der Waals surface area contributed by atoms with Crippen molar-refractivity contribution in [3.05, 3.63) is 27.9 Å². The third kappa shape index (κ3) is 4.87. The molecule has 15 heteroatoms. The standard InChI is InChI=1S/C12H10F6N6O2S/c1-24(2)10(26)22-6-7(25)23-27-8(6)20-5-3-4(11(13,14)15)19-9(21-5)12(16,17)18/h3H,1-2H3,(H,22,26)(H,23,25)(H,19,20,21). The Labute approximate surface area is 150 Å². The van der Waals surface area contributed by atoms with E-state index in [1.165, 1.54) is 14.1 Å². The molecule has 0 aromatic carbocycles. The van der Waals surface area contributed by atoms with E-state index in [-0.39, 0.29) is 16.8 Å². The molecule has 148 valence electrons. The molecule has 3 N–H and O–H groups in total. The predicted octanol–water partition coefficient (Wildman–Crippen LogP) is 3.10.